The number of aliphatic hydroxyl groups is 3. The van der Waals surface area contributed by atoms with Crippen molar-refractivity contribution in [1.29, 1.82) is 0 Å². The van der Waals surface area contributed by atoms with E-state index in [1.807, 2.05) is 6.07 Å². The van der Waals surface area contributed by atoms with Gasteiger partial charge in [-0.3, -0.25) is 19.3 Å². The summed E-state index contributed by atoms with van der Waals surface area (Å²) < 4.78 is 0. The summed E-state index contributed by atoms with van der Waals surface area (Å²) in [6.07, 6.45) is 6.39. The molecule has 9 heteroatoms. The minimum absolute atomic E-state index is 0.0481. The first-order valence-corrected chi connectivity index (χ1v) is 18.6. The fourth-order valence-electron chi connectivity index (χ4n) is 11.6. The molecule has 1 aliphatic heterocycles. The average Bonchev–Trinajstić information content (AvgIpc) is 3.42. The zero-order valence-corrected chi connectivity index (χ0v) is 29.2. The summed E-state index contributed by atoms with van der Waals surface area (Å²) in [5.41, 5.74) is 0.690. The Bertz CT molecular complexity index is 1590. The molecule has 8 nitrogen and oxygen atoms in total. The third kappa shape index (κ3) is 5.32. The van der Waals surface area contributed by atoms with E-state index in [9.17, 15) is 29.7 Å². The number of hydrogen-bond acceptors (Lipinski definition) is 6. The van der Waals surface area contributed by atoms with Crippen LogP contribution in [0.2, 0.25) is 5.02 Å². The first-order valence-electron chi connectivity index (χ1n) is 18.2. The molecule has 0 bridgehead atoms. The Labute approximate surface area is 288 Å². The normalized spacial score (nSPS) is 37.9. The molecule has 4 aliphatic carbocycles. The molecule has 4 saturated carbocycles. The van der Waals surface area contributed by atoms with Crippen LogP contribution in [0.5, 0.6) is 0 Å². The summed E-state index contributed by atoms with van der Waals surface area (Å²) in [5.74, 6) is 0.783. The zero-order valence-electron chi connectivity index (χ0n) is 28.5. The van der Waals surface area contributed by atoms with Crippen molar-refractivity contribution in [1.82, 2.24) is 10.2 Å². The van der Waals surface area contributed by atoms with E-state index < -0.39 is 12.2 Å². The molecule has 1 heterocycles. The fraction of sp³-hybridized carbons (Fsp3) is 0.667. The van der Waals surface area contributed by atoms with Crippen molar-refractivity contribution in [3.63, 3.8) is 0 Å². The largest absolute Gasteiger partial charge is 0.393 e. The highest BCUT2D eigenvalue weighted by atomic mass is 35.5. The van der Waals surface area contributed by atoms with E-state index in [1.165, 1.54) is 4.90 Å². The molecule has 4 fully saturated rings. The third-order valence-corrected chi connectivity index (χ3v) is 14.5. The van der Waals surface area contributed by atoms with Gasteiger partial charge in [0.2, 0.25) is 5.91 Å². The first-order chi connectivity index (χ1) is 22.9. The smallest absolute Gasteiger partial charge is 0.261 e. The lowest BCUT2D eigenvalue weighted by Crippen LogP contribution is -2.62. The van der Waals surface area contributed by atoms with Crippen LogP contribution < -0.4 is 5.32 Å². The summed E-state index contributed by atoms with van der Waals surface area (Å²) in [6, 6.07) is 8.67. The number of hydrogen-bond donors (Lipinski definition) is 4. The second-order valence-corrected chi connectivity index (χ2v) is 16.7. The highest BCUT2D eigenvalue weighted by Crippen LogP contribution is 2.68. The van der Waals surface area contributed by atoms with Gasteiger partial charge in [-0.1, -0.05) is 44.5 Å². The number of carbonyl (C=O) groups excluding carboxylic acids is 3. The monoisotopic (exact) mass is 678 g/mol. The number of halogens is 1. The van der Waals surface area contributed by atoms with Gasteiger partial charge in [-0.25, -0.2) is 0 Å². The molecule has 260 valence electrons. The maximum atomic E-state index is 13.2. The van der Waals surface area contributed by atoms with Gasteiger partial charge in [-0.15, -0.1) is 0 Å². The number of rotatable bonds is 8. The van der Waals surface area contributed by atoms with E-state index in [1.54, 1.807) is 24.3 Å². The SMILES string of the molecule is CC(CCC(=O)NCCCN1C(=O)c2cccc3c(Cl)ccc(c23)C1=O)C1CCC2C3C(O)CC4CC(O)CCC4(C)C3CC(O)C12C. The van der Waals surface area contributed by atoms with Crippen LogP contribution in [0.3, 0.4) is 0 Å². The van der Waals surface area contributed by atoms with Crippen molar-refractivity contribution in [2.75, 3.05) is 13.1 Å². The van der Waals surface area contributed by atoms with Crippen LogP contribution in [0, 0.1) is 46.3 Å². The van der Waals surface area contributed by atoms with Crippen LogP contribution in [0.1, 0.15) is 106 Å². The van der Waals surface area contributed by atoms with Gasteiger partial charge >= 0.3 is 0 Å². The number of amides is 3. The maximum Gasteiger partial charge on any atom is 0.261 e. The summed E-state index contributed by atoms with van der Waals surface area (Å²) in [7, 11) is 0. The Balaban J connectivity index is 0.922. The number of benzene rings is 2. The van der Waals surface area contributed by atoms with Crippen LogP contribution in [-0.4, -0.2) is 69.3 Å². The van der Waals surface area contributed by atoms with Crippen molar-refractivity contribution in [2.24, 2.45) is 46.3 Å². The minimum atomic E-state index is -0.446. The Hall–Kier alpha value is -2.52. The van der Waals surface area contributed by atoms with Crippen LogP contribution in [0.15, 0.2) is 30.3 Å². The van der Waals surface area contributed by atoms with E-state index in [0.29, 0.717) is 65.1 Å². The lowest BCUT2D eigenvalue weighted by atomic mass is 9.43. The topological polar surface area (TPSA) is 127 Å². The van der Waals surface area contributed by atoms with Crippen LogP contribution in [0.25, 0.3) is 10.8 Å². The number of nitrogens with one attached hydrogen (secondary N) is 1. The Morgan fingerprint density at radius 3 is 2.52 bits per heavy atom. The molecule has 0 aromatic heterocycles. The molecule has 48 heavy (non-hydrogen) atoms. The molecule has 0 spiro atoms. The van der Waals surface area contributed by atoms with Crippen molar-refractivity contribution in [3.05, 3.63) is 46.5 Å². The summed E-state index contributed by atoms with van der Waals surface area (Å²) in [6.45, 7) is 7.38. The second kappa shape index (κ2) is 12.7. The molecule has 5 aliphatic rings. The molecule has 7 rings (SSSR count). The Morgan fingerprint density at radius 1 is 1.00 bits per heavy atom. The fourth-order valence-corrected chi connectivity index (χ4v) is 11.8. The van der Waals surface area contributed by atoms with Gasteiger partial charge in [0.05, 0.1) is 18.3 Å². The summed E-state index contributed by atoms with van der Waals surface area (Å²) in [4.78, 5) is 40.7. The third-order valence-electron chi connectivity index (χ3n) is 14.2. The van der Waals surface area contributed by atoms with Gasteiger partial charge < -0.3 is 20.6 Å². The van der Waals surface area contributed by atoms with E-state index in [2.05, 4.69) is 26.1 Å². The molecular weight excluding hydrogens is 628 g/mol. The predicted octanol–water partition coefficient (Wildman–Crippen LogP) is 5.97. The van der Waals surface area contributed by atoms with Gasteiger partial charge in [-0.05, 0) is 122 Å². The van der Waals surface area contributed by atoms with Crippen molar-refractivity contribution in [3.8, 4) is 0 Å². The molecule has 4 N–H and O–H groups in total. The number of nitrogens with zero attached hydrogens (tertiary/aromatic N) is 1. The number of carbonyl (C=O) groups is 3. The van der Waals surface area contributed by atoms with E-state index >= 15 is 0 Å². The van der Waals surface area contributed by atoms with Gasteiger partial charge in [0.15, 0.2) is 0 Å². The van der Waals surface area contributed by atoms with E-state index in [-0.39, 0.29) is 70.8 Å². The highest BCUT2D eigenvalue weighted by molar-refractivity contribution is 6.38. The second-order valence-electron chi connectivity index (χ2n) is 16.3. The Kier molecular flexibility index (Phi) is 8.96. The predicted molar refractivity (Wildman–Crippen MR) is 184 cm³/mol. The number of imide groups is 1. The minimum Gasteiger partial charge on any atom is -0.393 e. The first kappa shape index (κ1) is 34.0. The summed E-state index contributed by atoms with van der Waals surface area (Å²) in [5, 5.41) is 38.5. The van der Waals surface area contributed by atoms with Gasteiger partial charge in [0.1, 0.15) is 0 Å². The van der Waals surface area contributed by atoms with Crippen molar-refractivity contribution < 1.29 is 29.7 Å². The standard InChI is InChI=1S/C39H51ClN2O6/c1-21(27-10-11-28-35-29(20-32(45)39(27,28)3)38(2)15-14-23(43)18-22(38)19-31(35)44)8-13-33(46)41-16-5-17-42-36(47)25-7-4-6-24-30(40)12-9-26(34(24)25)37(42)48/h4,6-7,9,12,21-23,27-29,31-32,35,43-45H,5,8,10-11,13-20H2,1-3H3,(H,41,46). The van der Waals surface area contributed by atoms with Crippen molar-refractivity contribution in [2.45, 2.75) is 103 Å². The van der Waals surface area contributed by atoms with Gasteiger partial charge in [0.25, 0.3) is 11.8 Å². The Morgan fingerprint density at radius 2 is 1.75 bits per heavy atom. The lowest BCUT2D eigenvalue weighted by Gasteiger charge is -2.63. The molecule has 2 aromatic carbocycles. The lowest BCUT2D eigenvalue weighted by molar-refractivity contribution is -0.207. The molecular formula is C39H51ClN2O6. The van der Waals surface area contributed by atoms with Crippen LogP contribution >= 0.6 is 11.6 Å². The van der Waals surface area contributed by atoms with E-state index in [4.69, 9.17) is 11.6 Å². The van der Waals surface area contributed by atoms with E-state index in [0.717, 1.165) is 38.5 Å². The van der Waals surface area contributed by atoms with Gasteiger partial charge in [0, 0.05) is 46.4 Å². The molecule has 0 saturated heterocycles. The molecule has 11 atom stereocenters. The zero-order chi connectivity index (χ0) is 34.1. The molecule has 3 amide bonds. The van der Waals surface area contributed by atoms with Crippen LogP contribution in [0.4, 0.5) is 0 Å². The number of aliphatic hydroxyl groups excluding tert-OH is 3. The quantitative estimate of drug-likeness (QED) is 0.201. The summed E-state index contributed by atoms with van der Waals surface area (Å²) >= 11 is 6.33. The number of fused-ring (bicyclic) bond motifs is 5. The molecule has 11 unspecified atom stereocenters. The molecule has 2 aromatic rings. The average molecular weight is 679 g/mol. The van der Waals surface area contributed by atoms with Crippen LogP contribution in [-0.2, 0) is 4.79 Å². The van der Waals surface area contributed by atoms with Gasteiger partial charge in [-0.2, -0.15) is 0 Å². The molecule has 0 radical (unpaired) electrons. The maximum absolute atomic E-state index is 13.2. The van der Waals surface area contributed by atoms with Crippen molar-refractivity contribution >= 4 is 40.1 Å². The highest BCUT2D eigenvalue weighted by Gasteiger charge is 2.65.